The third-order valence-electron chi connectivity index (χ3n) is 6.95. The summed E-state index contributed by atoms with van der Waals surface area (Å²) in [5.41, 5.74) is 0. The summed E-state index contributed by atoms with van der Waals surface area (Å²) in [6.45, 7) is 12.8. The third-order valence-corrected chi connectivity index (χ3v) is 6.95. The van der Waals surface area contributed by atoms with Crippen molar-refractivity contribution in [2.45, 2.75) is 135 Å². The average molecular weight is 458 g/mol. The van der Waals surface area contributed by atoms with Gasteiger partial charge >= 0.3 is 0 Å². The highest BCUT2D eigenvalue weighted by Gasteiger charge is 2.68. The quantitative estimate of drug-likeness (QED) is 0.416. The summed E-state index contributed by atoms with van der Waals surface area (Å²) >= 11 is 0. The summed E-state index contributed by atoms with van der Waals surface area (Å²) in [7, 11) is 0. The maximum absolute atomic E-state index is 10.8. The van der Waals surface area contributed by atoms with Crippen LogP contribution < -0.4 is 0 Å². The summed E-state index contributed by atoms with van der Waals surface area (Å²) in [5.74, 6) is -1.99. The normalized spacial score (nSPS) is 35.8. The van der Waals surface area contributed by atoms with Crippen LogP contribution >= 0.6 is 0 Å². The number of rotatable bonds is 13. The molecule has 32 heavy (non-hydrogen) atoms. The first kappa shape index (κ1) is 26.3. The molecular formula is C25H47NO6. The van der Waals surface area contributed by atoms with Crippen LogP contribution in [0.2, 0.25) is 0 Å². The van der Waals surface area contributed by atoms with Gasteiger partial charge in [-0.1, -0.05) is 58.8 Å². The SMILES string of the molecule is CCCCCCCCCCOC(N1CCOC(CC)C1)[C@@]12O[C@@H](C)[C@@H](O)[C@@H]1OC(C)(C)O2. The molecule has 0 radical (unpaired) electrons. The molecule has 3 rings (SSSR count). The summed E-state index contributed by atoms with van der Waals surface area (Å²) in [6, 6.07) is 0. The summed E-state index contributed by atoms with van der Waals surface area (Å²) in [5, 5.41) is 10.8. The first-order valence-electron chi connectivity index (χ1n) is 13.0. The Bertz CT molecular complexity index is 561. The van der Waals surface area contributed by atoms with Gasteiger partial charge in [0.25, 0.3) is 0 Å². The highest BCUT2D eigenvalue weighted by atomic mass is 16.9. The van der Waals surface area contributed by atoms with Crippen molar-refractivity contribution in [3.8, 4) is 0 Å². The Morgan fingerprint density at radius 3 is 2.41 bits per heavy atom. The molecule has 2 unspecified atom stereocenters. The number of nitrogens with zero attached hydrogens (tertiary/aromatic N) is 1. The van der Waals surface area contributed by atoms with Crippen LogP contribution in [0, 0.1) is 0 Å². The van der Waals surface area contributed by atoms with Gasteiger partial charge in [0, 0.05) is 19.7 Å². The van der Waals surface area contributed by atoms with Crippen LogP contribution in [0.4, 0.5) is 0 Å². The molecule has 0 saturated carbocycles. The standard InChI is InChI=1S/C25H47NO6/c1-6-8-9-10-11-12-13-14-16-29-23(26-15-17-28-20(7-2)18-26)25-22(21(27)19(3)30-25)31-24(4,5)32-25/h19-23,27H,6-18H2,1-5H3/t19-,20?,21+,22-,23?,25+/m0/s1. The minimum atomic E-state index is -1.14. The van der Waals surface area contributed by atoms with E-state index in [9.17, 15) is 5.11 Å². The van der Waals surface area contributed by atoms with Gasteiger partial charge in [0.15, 0.2) is 12.0 Å². The predicted octanol–water partition coefficient (Wildman–Crippen LogP) is 4.21. The number of hydrogen-bond donors (Lipinski definition) is 1. The van der Waals surface area contributed by atoms with Crippen molar-refractivity contribution in [1.82, 2.24) is 4.90 Å². The van der Waals surface area contributed by atoms with Crippen molar-refractivity contribution < 1.29 is 28.8 Å². The van der Waals surface area contributed by atoms with Crippen molar-refractivity contribution >= 4 is 0 Å². The highest BCUT2D eigenvalue weighted by molar-refractivity contribution is 5.05. The second-order valence-corrected chi connectivity index (χ2v) is 10.2. The van der Waals surface area contributed by atoms with Crippen molar-refractivity contribution in [3.05, 3.63) is 0 Å². The molecule has 3 aliphatic heterocycles. The van der Waals surface area contributed by atoms with E-state index >= 15 is 0 Å². The lowest BCUT2D eigenvalue weighted by Gasteiger charge is -2.44. The van der Waals surface area contributed by atoms with E-state index in [1.165, 1.54) is 44.9 Å². The zero-order valence-electron chi connectivity index (χ0n) is 21.0. The van der Waals surface area contributed by atoms with Gasteiger partial charge in [-0.05, 0) is 33.6 Å². The first-order valence-corrected chi connectivity index (χ1v) is 13.0. The van der Waals surface area contributed by atoms with Crippen molar-refractivity contribution in [2.75, 3.05) is 26.3 Å². The fourth-order valence-electron chi connectivity index (χ4n) is 5.22. The van der Waals surface area contributed by atoms with Crippen LogP contribution in [-0.4, -0.2) is 78.5 Å². The third kappa shape index (κ3) is 6.23. The maximum Gasteiger partial charge on any atom is 0.241 e. The molecule has 3 saturated heterocycles. The van der Waals surface area contributed by atoms with E-state index < -0.39 is 30.0 Å². The molecule has 7 nitrogen and oxygen atoms in total. The monoisotopic (exact) mass is 457 g/mol. The maximum atomic E-state index is 10.8. The second-order valence-electron chi connectivity index (χ2n) is 10.2. The number of hydrogen-bond acceptors (Lipinski definition) is 7. The Kier molecular flexibility index (Phi) is 9.80. The van der Waals surface area contributed by atoms with Gasteiger partial charge in [-0.15, -0.1) is 0 Å². The van der Waals surface area contributed by atoms with E-state index in [1.54, 1.807) is 0 Å². The fourth-order valence-corrected chi connectivity index (χ4v) is 5.22. The molecule has 0 bridgehead atoms. The lowest BCUT2D eigenvalue weighted by molar-refractivity contribution is -0.329. The number of aliphatic hydroxyl groups excluding tert-OH is 1. The summed E-state index contributed by atoms with van der Waals surface area (Å²) in [6.07, 6.45) is 8.97. The van der Waals surface area contributed by atoms with Crippen molar-refractivity contribution in [1.29, 1.82) is 0 Å². The molecule has 188 valence electrons. The zero-order valence-corrected chi connectivity index (χ0v) is 21.0. The smallest absolute Gasteiger partial charge is 0.241 e. The van der Waals surface area contributed by atoms with Gasteiger partial charge in [0.05, 0.1) is 18.8 Å². The minimum absolute atomic E-state index is 0.159. The molecule has 3 aliphatic rings. The molecule has 0 aromatic rings. The molecule has 0 aromatic heterocycles. The van der Waals surface area contributed by atoms with Crippen LogP contribution in [-0.2, 0) is 23.7 Å². The Hall–Kier alpha value is -0.280. The topological polar surface area (TPSA) is 69.6 Å². The van der Waals surface area contributed by atoms with Crippen LogP contribution in [0.5, 0.6) is 0 Å². The predicted molar refractivity (Wildman–Crippen MR) is 123 cm³/mol. The van der Waals surface area contributed by atoms with Gasteiger partial charge < -0.3 is 28.8 Å². The van der Waals surface area contributed by atoms with Gasteiger partial charge in [0.2, 0.25) is 5.79 Å². The van der Waals surface area contributed by atoms with Gasteiger partial charge in [0.1, 0.15) is 12.2 Å². The number of fused-ring (bicyclic) bond motifs is 1. The Labute approximate surface area is 195 Å². The van der Waals surface area contributed by atoms with E-state index in [2.05, 4.69) is 18.7 Å². The van der Waals surface area contributed by atoms with Crippen molar-refractivity contribution in [2.24, 2.45) is 0 Å². The van der Waals surface area contributed by atoms with Crippen LogP contribution in [0.25, 0.3) is 0 Å². The van der Waals surface area contributed by atoms with E-state index in [4.69, 9.17) is 23.7 Å². The Balaban J connectivity index is 1.64. The summed E-state index contributed by atoms with van der Waals surface area (Å²) in [4.78, 5) is 2.27. The van der Waals surface area contributed by atoms with E-state index in [-0.39, 0.29) is 12.2 Å². The Morgan fingerprint density at radius 2 is 1.72 bits per heavy atom. The first-order chi connectivity index (χ1) is 15.3. The van der Waals surface area contributed by atoms with Crippen molar-refractivity contribution in [3.63, 3.8) is 0 Å². The highest BCUT2D eigenvalue weighted by Crippen LogP contribution is 2.49. The lowest BCUT2D eigenvalue weighted by Crippen LogP contribution is -2.62. The van der Waals surface area contributed by atoms with Crippen LogP contribution in [0.1, 0.15) is 92.4 Å². The molecular weight excluding hydrogens is 410 g/mol. The molecule has 3 fully saturated rings. The average Bonchev–Trinajstić information content (AvgIpc) is 3.16. The number of unbranched alkanes of at least 4 members (excludes halogenated alkanes) is 7. The number of morpholine rings is 1. The molecule has 7 heteroatoms. The largest absolute Gasteiger partial charge is 0.387 e. The zero-order chi connectivity index (χ0) is 23.2. The number of ether oxygens (including phenoxy) is 5. The fraction of sp³-hybridized carbons (Fsp3) is 1.00. The van der Waals surface area contributed by atoms with Gasteiger partial charge in [-0.2, -0.15) is 0 Å². The molecule has 0 spiro atoms. The minimum Gasteiger partial charge on any atom is -0.387 e. The molecule has 0 aliphatic carbocycles. The van der Waals surface area contributed by atoms with E-state index in [1.807, 2.05) is 20.8 Å². The lowest BCUT2D eigenvalue weighted by atomic mass is 10.0. The second kappa shape index (κ2) is 11.9. The molecule has 3 heterocycles. The molecule has 1 N–H and O–H groups in total. The molecule has 6 atom stereocenters. The molecule has 0 amide bonds. The van der Waals surface area contributed by atoms with E-state index in [0.29, 0.717) is 13.2 Å². The Morgan fingerprint density at radius 1 is 1.03 bits per heavy atom. The molecule has 0 aromatic carbocycles. The van der Waals surface area contributed by atoms with E-state index in [0.717, 1.165) is 25.9 Å². The van der Waals surface area contributed by atoms with Crippen LogP contribution in [0.15, 0.2) is 0 Å². The summed E-state index contributed by atoms with van der Waals surface area (Å²) < 4.78 is 31.3. The van der Waals surface area contributed by atoms with Crippen LogP contribution in [0.3, 0.4) is 0 Å². The van der Waals surface area contributed by atoms with Gasteiger partial charge in [-0.25, -0.2) is 0 Å². The van der Waals surface area contributed by atoms with Gasteiger partial charge in [-0.3, -0.25) is 4.90 Å². The number of aliphatic hydroxyl groups is 1.